The summed E-state index contributed by atoms with van der Waals surface area (Å²) in [7, 11) is 4.58. The first-order valence-corrected chi connectivity index (χ1v) is 11.0. The van der Waals surface area contributed by atoms with Crippen molar-refractivity contribution in [2.45, 2.75) is 13.0 Å². The third kappa shape index (κ3) is 4.57. The van der Waals surface area contributed by atoms with Crippen molar-refractivity contribution in [1.29, 1.82) is 0 Å². The summed E-state index contributed by atoms with van der Waals surface area (Å²) in [4.78, 5) is 45.0. The number of anilines is 1. The summed E-state index contributed by atoms with van der Waals surface area (Å²) < 4.78 is 16.8. The Morgan fingerprint density at radius 2 is 1.65 bits per heavy atom. The maximum absolute atomic E-state index is 13.0. The first-order valence-electron chi connectivity index (χ1n) is 11.0. The summed E-state index contributed by atoms with van der Waals surface area (Å²) in [5, 5.41) is 0.289. The number of nitrogens with one attached hydrogen (secondary N) is 1. The van der Waals surface area contributed by atoms with E-state index in [9.17, 15) is 14.4 Å². The third-order valence-electron chi connectivity index (χ3n) is 6.09. The second-order valence-corrected chi connectivity index (χ2v) is 7.96. The van der Waals surface area contributed by atoms with Crippen LogP contribution in [0, 0.1) is 0 Å². The number of piperazine rings is 1. The second kappa shape index (κ2) is 9.90. The van der Waals surface area contributed by atoms with Crippen LogP contribution in [-0.4, -0.2) is 67.9 Å². The highest BCUT2D eigenvalue weighted by Crippen LogP contribution is 2.29. The highest BCUT2D eigenvalue weighted by atomic mass is 16.5. The molecule has 1 aliphatic heterocycles. The third-order valence-corrected chi connectivity index (χ3v) is 6.09. The van der Waals surface area contributed by atoms with Gasteiger partial charge in [-0.15, -0.1) is 0 Å². The fourth-order valence-corrected chi connectivity index (χ4v) is 4.17. The first kappa shape index (κ1) is 23.2. The van der Waals surface area contributed by atoms with E-state index < -0.39 is 11.2 Å². The molecule has 180 valence electrons. The van der Waals surface area contributed by atoms with E-state index in [1.165, 1.54) is 20.3 Å². The van der Waals surface area contributed by atoms with Gasteiger partial charge in [-0.1, -0.05) is 6.07 Å². The number of carbonyl (C=O) groups excluding carboxylic acids is 1. The van der Waals surface area contributed by atoms with Crippen LogP contribution in [0.25, 0.3) is 10.9 Å². The number of H-pyrrole nitrogens is 1. The van der Waals surface area contributed by atoms with Crippen molar-refractivity contribution in [3.8, 4) is 17.2 Å². The molecule has 1 amide bonds. The van der Waals surface area contributed by atoms with Gasteiger partial charge in [-0.05, 0) is 18.2 Å². The molecule has 0 saturated carbocycles. The van der Waals surface area contributed by atoms with Crippen LogP contribution < -0.4 is 30.4 Å². The lowest BCUT2D eigenvalue weighted by molar-refractivity contribution is -0.131. The minimum absolute atomic E-state index is 0.00656. The van der Waals surface area contributed by atoms with Crippen LogP contribution in [0.15, 0.2) is 46.0 Å². The van der Waals surface area contributed by atoms with Gasteiger partial charge in [0, 0.05) is 57.0 Å². The summed E-state index contributed by atoms with van der Waals surface area (Å²) in [6.07, 6.45) is 0.0565. The molecule has 1 aliphatic rings. The van der Waals surface area contributed by atoms with Gasteiger partial charge < -0.3 is 29.0 Å². The molecule has 4 rings (SSSR count). The fourth-order valence-electron chi connectivity index (χ4n) is 4.17. The number of carbonyl (C=O) groups is 1. The minimum atomic E-state index is -0.569. The average Bonchev–Trinajstić information content (AvgIpc) is 2.87. The fraction of sp³-hybridized carbons (Fsp3) is 0.375. The Morgan fingerprint density at radius 3 is 2.32 bits per heavy atom. The number of nitrogens with zero attached hydrogens (tertiary/aromatic N) is 3. The Hall–Kier alpha value is -3.95. The number of fused-ring (bicyclic) bond motifs is 1. The number of aromatic nitrogens is 2. The van der Waals surface area contributed by atoms with Gasteiger partial charge in [0.15, 0.2) is 11.5 Å². The molecule has 1 saturated heterocycles. The van der Waals surface area contributed by atoms with Crippen molar-refractivity contribution in [2.75, 3.05) is 52.4 Å². The standard InChI is InChI=1S/C24H28N4O6/c1-32-17-6-4-5-16(13-17)26-9-11-27(12-10-26)22(29)7-8-28-23(30)18-14-20(33-2)21(34-3)15-19(18)25-24(28)31/h4-6,13-15H,7-12H2,1-3H3,(H,25,31). The molecular formula is C24H28N4O6. The van der Waals surface area contributed by atoms with Gasteiger partial charge in [0.05, 0.1) is 32.2 Å². The largest absolute Gasteiger partial charge is 0.497 e. The number of methoxy groups -OCH3 is 3. The SMILES string of the molecule is COc1cccc(N2CCN(C(=O)CCn3c(=O)[nH]c4cc(OC)c(OC)cc4c3=O)CC2)c1. The quantitative estimate of drug-likeness (QED) is 0.560. The van der Waals surface area contributed by atoms with Crippen LogP contribution in [0.3, 0.4) is 0 Å². The van der Waals surface area contributed by atoms with E-state index in [0.717, 1.165) is 16.0 Å². The van der Waals surface area contributed by atoms with E-state index >= 15 is 0 Å². The van der Waals surface area contributed by atoms with Crippen molar-refractivity contribution >= 4 is 22.5 Å². The molecule has 0 bridgehead atoms. The number of aromatic amines is 1. The maximum Gasteiger partial charge on any atom is 0.328 e. The van der Waals surface area contributed by atoms with Crippen LogP contribution in [0.5, 0.6) is 17.2 Å². The lowest BCUT2D eigenvalue weighted by Crippen LogP contribution is -2.49. The molecule has 1 aromatic heterocycles. The molecule has 2 aromatic carbocycles. The predicted octanol–water partition coefficient (Wildman–Crippen LogP) is 1.45. The second-order valence-electron chi connectivity index (χ2n) is 7.96. The van der Waals surface area contributed by atoms with E-state index in [1.807, 2.05) is 24.3 Å². The number of benzene rings is 2. The summed E-state index contributed by atoms with van der Waals surface area (Å²) in [6.45, 7) is 2.51. The Labute approximate surface area is 196 Å². The monoisotopic (exact) mass is 468 g/mol. The Balaban J connectivity index is 1.43. The van der Waals surface area contributed by atoms with Gasteiger partial charge in [-0.2, -0.15) is 0 Å². The van der Waals surface area contributed by atoms with Gasteiger partial charge in [-0.3, -0.25) is 14.2 Å². The number of amides is 1. The van der Waals surface area contributed by atoms with Crippen molar-refractivity contribution in [1.82, 2.24) is 14.5 Å². The molecular weight excluding hydrogens is 440 g/mol. The van der Waals surface area contributed by atoms with E-state index in [0.29, 0.717) is 43.2 Å². The Bertz CT molecular complexity index is 1310. The van der Waals surface area contributed by atoms with Gasteiger partial charge in [0.25, 0.3) is 5.56 Å². The lowest BCUT2D eigenvalue weighted by Gasteiger charge is -2.36. The van der Waals surface area contributed by atoms with Crippen LogP contribution in [0.2, 0.25) is 0 Å². The molecule has 0 spiro atoms. The van der Waals surface area contributed by atoms with Gasteiger partial charge in [-0.25, -0.2) is 4.79 Å². The average molecular weight is 469 g/mol. The molecule has 1 N–H and O–H groups in total. The van der Waals surface area contributed by atoms with Gasteiger partial charge in [0.2, 0.25) is 5.91 Å². The molecule has 10 nitrogen and oxygen atoms in total. The molecule has 34 heavy (non-hydrogen) atoms. The Morgan fingerprint density at radius 1 is 0.941 bits per heavy atom. The molecule has 1 fully saturated rings. The number of rotatable bonds is 7. The summed E-state index contributed by atoms with van der Waals surface area (Å²) >= 11 is 0. The van der Waals surface area contributed by atoms with Crippen LogP contribution in [0.1, 0.15) is 6.42 Å². The topological polar surface area (TPSA) is 106 Å². The Kier molecular flexibility index (Phi) is 6.76. The highest BCUT2D eigenvalue weighted by molar-refractivity contribution is 5.81. The van der Waals surface area contributed by atoms with Crippen molar-refractivity contribution in [3.05, 3.63) is 57.2 Å². The van der Waals surface area contributed by atoms with E-state index in [1.54, 1.807) is 18.1 Å². The van der Waals surface area contributed by atoms with E-state index in [4.69, 9.17) is 14.2 Å². The zero-order chi connectivity index (χ0) is 24.2. The zero-order valence-electron chi connectivity index (χ0n) is 19.5. The zero-order valence-corrected chi connectivity index (χ0v) is 19.5. The van der Waals surface area contributed by atoms with E-state index in [-0.39, 0.29) is 24.3 Å². The molecule has 3 aromatic rings. The van der Waals surface area contributed by atoms with Crippen LogP contribution >= 0.6 is 0 Å². The number of hydrogen-bond donors (Lipinski definition) is 1. The maximum atomic E-state index is 13.0. The summed E-state index contributed by atoms with van der Waals surface area (Å²) in [5.74, 6) is 1.49. The van der Waals surface area contributed by atoms with Crippen molar-refractivity contribution in [3.63, 3.8) is 0 Å². The summed E-state index contributed by atoms with van der Waals surface area (Å²) in [6, 6.07) is 10.9. The first-order chi connectivity index (χ1) is 16.4. The van der Waals surface area contributed by atoms with Crippen molar-refractivity contribution in [2.24, 2.45) is 0 Å². The van der Waals surface area contributed by atoms with Gasteiger partial charge >= 0.3 is 5.69 Å². The van der Waals surface area contributed by atoms with Gasteiger partial charge in [0.1, 0.15) is 5.75 Å². The van der Waals surface area contributed by atoms with Crippen molar-refractivity contribution < 1.29 is 19.0 Å². The number of ether oxygens (including phenoxy) is 3. The molecule has 10 heteroatoms. The highest BCUT2D eigenvalue weighted by Gasteiger charge is 2.22. The molecule has 0 radical (unpaired) electrons. The normalized spacial score (nSPS) is 13.7. The lowest BCUT2D eigenvalue weighted by atomic mass is 10.2. The molecule has 0 aliphatic carbocycles. The smallest absolute Gasteiger partial charge is 0.328 e. The van der Waals surface area contributed by atoms with Crippen LogP contribution in [-0.2, 0) is 11.3 Å². The predicted molar refractivity (Wildman–Crippen MR) is 128 cm³/mol. The minimum Gasteiger partial charge on any atom is -0.497 e. The summed E-state index contributed by atoms with van der Waals surface area (Å²) in [5.41, 5.74) is 0.354. The number of hydrogen-bond acceptors (Lipinski definition) is 7. The van der Waals surface area contributed by atoms with E-state index in [2.05, 4.69) is 9.88 Å². The molecule has 0 unspecified atom stereocenters. The van der Waals surface area contributed by atoms with Crippen LogP contribution in [0.4, 0.5) is 5.69 Å². The molecule has 0 atom stereocenters. The molecule has 2 heterocycles.